The van der Waals surface area contributed by atoms with Crippen LogP contribution in [-0.2, 0) is 9.53 Å². The van der Waals surface area contributed by atoms with Gasteiger partial charge in [-0.3, -0.25) is 4.79 Å². The Hall–Kier alpha value is -0.530. The molecule has 0 amide bonds. The fraction of sp³-hybridized carbons (Fsp3) is 0.955. The highest BCUT2D eigenvalue weighted by molar-refractivity contribution is 5.69. The molecular weight excluding hydrogens is 296 g/mol. The second-order valence-corrected chi connectivity index (χ2v) is 7.27. The second kappa shape index (κ2) is 20.5. The molecule has 0 spiro atoms. The predicted octanol–water partition coefficient (Wildman–Crippen LogP) is 7.59. The summed E-state index contributed by atoms with van der Waals surface area (Å²) in [5.41, 5.74) is 0. The van der Waals surface area contributed by atoms with E-state index in [0.717, 1.165) is 12.8 Å². The first-order valence-corrected chi connectivity index (χ1v) is 11.0. The van der Waals surface area contributed by atoms with Crippen molar-refractivity contribution in [3.63, 3.8) is 0 Å². The van der Waals surface area contributed by atoms with E-state index in [4.69, 9.17) is 4.74 Å². The van der Waals surface area contributed by atoms with E-state index in [1.165, 1.54) is 96.3 Å². The summed E-state index contributed by atoms with van der Waals surface area (Å²) in [4.78, 5) is 11.2. The first kappa shape index (κ1) is 23.5. The van der Waals surface area contributed by atoms with Crippen LogP contribution in [0.15, 0.2) is 0 Å². The molecule has 24 heavy (non-hydrogen) atoms. The van der Waals surface area contributed by atoms with Gasteiger partial charge in [0.2, 0.25) is 0 Å². The van der Waals surface area contributed by atoms with E-state index in [9.17, 15) is 4.79 Å². The molecule has 0 aromatic carbocycles. The van der Waals surface area contributed by atoms with Crippen molar-refractivity contribution in [2.24, 2.45) is 0 Å². The molecular formula is C22H44O2. The number of carbonyl (C=O) groups is 1. The number of esters is 1. The van der Waals surface area contributed by atoms with E-state index in [-0.39, 0.29) is 5.97 Å². The van der Waals surface area contributed by atoms with Crippen LogP contribution in [0.3, 0.4) is 0 Å². The first-order valence-electron chi connectivity index (χ1n) is 11.0. The van der Waals surface area contributed by atoms with E-state index in [2.05, 4.69) is 6.92 Å². The Morgan fingerprint density at radius 2 is 0.917 bits per heavy atom. The molecule has 0 saturated carbocycles. The van der Waals surface area contributed by atoms with Crippen LogP contribution in [0, 0.1) is 0 Å². The summed E-state index contributed by atoms with van der Waals surface area (Å²) in [5, 5.41) is 0. The molecule has 0 atom stereocenters. The van der Waals surface area contributed by atoms with Gasteiger partial charge in [-0.25, -0.2) is 0 Å². The number of rotatable bonds is 19. The van der Waals surface area contributed by atoms with Crippen LogP contribution in [0.5, 0.6) is 0 Å². The van der Waals surface area contributed by atoms with Gasteiger partial charge in [-0.15, -0.1) is 0 Å². The third kappa shape index (κ3) is 19.5. The number of hydrogen-bond donors (Lipinski definition) is 0. The summed E-state index contributed by atoms with van der Waals surface area (Å²) in [6.45, 7) is 4.92. The van der Waals surface area contributed by atoms with Gasteiger partial charge in [0.15, 0.2) is 0 Å². The third-order valence-electron chi connectivity index (χ3n) is 4.72. The van der Waals surface area contributed by atoms with Crippen molar-refractivity contribution < 1.29 is 9.53 Å². The van der Waals surface area contributed by atoms with E-state index in [1.54, 1.807) is 0 Å². The molecule has 0 radical (unpaired) electrons. The van der Waals surface area contributed by atoms with Crippen molar-refractivity contribution in [1.82, 2.24) is 0 Å². The van der Waals surface area contributed by atoms with Crippen molar-refractivity contribution in [2.75, 3.05) is 6.61 Å². The topological polar surface area (TPSA) is 26.3 Å². The molecule has 0 rings (SSSR count). The Labute approximate surface area is 152 Å². The molecule has 0 aliphatic carbocycles. The zero-order valence-electron chi connectivity index (χ0n) is 16.8. The Balaban J connectivity index is 3.01. The molecule has 0 N–H and O–H groups in total. The maximum absolute atomic E-state index is 11.2. The lowest BCUT2D eigenvalue weighted by molar-refractivity contribution is -0.143. The van der Waals surface area contributed by atoms with Gasteiger partial charge in [-0.1, -0.05) is 110 Å². The fourth-order valence-electron chi connectivity index (χ4n) is 3.11. The quantitative estimate of drug-likeness (QED) is 0.179. The average Bonchev–Trinajstić information content (AvgIpc) is 2.58. The minimum absolute atomic E-state index is 0.0292. The SMILES string of the molecule is CCCCCCCCCCCCCCCCCCOC(=O)CCC. The Morgan fingerprint density at radius 1 is 0.542 bits per heavy atom. The van der Waals surface area contributed by atoms with Crippen LogP contribution in [0.2, 0.25) is 0 Å². The Kier molecular flexibility index (Phi) is 20.1. The minimum atomic E-state index is -0.0292. The molecule has 2 heteroatoms. The van der Waals surface area contributed by atoms with Crippen molar-refractivity contribution in [3.8, 4) is 0 Å². The lowest BCUT2D eigenvalue weighted by Crippen LogP contribution is -2.04. The Morgan fingerprint density at radius 3 is 1.29 bits per heavy atom. The summed E-state index contributed by atoms with van der Waals surface area (Å²) >= 11 is 0. The molecule has 0 bridgehead atoms. The van der Waals surface area contributed by atoms with Gasteiger partial charge in [0.1, 0.15) is 0 Å². The van der Waals surface area contributed by atoms with Gasteiger partial charge in [0, 0.05) is 6.42 Å². The van der Waals surface area contributed by atoms with Gasteiger partial charge in [0.25, 0.3) is 0 Å². The summed E-state index contributed by atoms with van der Waals surface area (Å²) in [5.74, 6) is -0.0292. The van der Waals surface area contributed by atoms with Gasteiger partial charge in [0.05, 0.1) is 6.61 Å². The lowest BCUT2D eigenvalue weighted by atomic mass is 10.0. The monoisotopic (exact) mass is 340 g/mol. The third-order valence-corrected chi connectivity index (χ3v) is 4.72. The summed E-state index contributed by atoms with van der Waals surface area (Å²) in [6.07, 6.45) is 23.4. The molecule has 0 aliphatic heterocycles. The lowest BCUT2D eigenvalue weighted by Gasteiger charge is -2.04. The predicted molar refractivity (Wildman–Crippen MR) is 105 cm³/mol. The molecule has 0 fully saturated rings. The largest absolute Gasteiger partial charge is 0.466 e. The number of ether oxygens (including phenoxy) is 1. The molecule has 0 saturated heterocycles. The molecule has 0 aromatic rings. The van der Waals surface area contributed by atoms with Crippen LogP contribution in [-0.4, -0.2) is 12.6 Å². The van der Waals surface area contributed by atoms with Crippen LogP contribution in [0.1, 0.15) is 129 Å². The molecule has 0 heterocycles. The second-order valence-electron chi connectivity index (χ2n) is 7.27. The fourth-order valence-corrected chi connectivity index (χ4v) is 3.11. The maximum atomic E-state index is 11.2. The standard InChI is InChI=1S/C22H44O2/c1-3-5-6-7-8-9-10-11-12-13-14-15-16-17-18-19-21-24-22(23)20-4-2/h3-21H2,1-2H3. The van der Waals surface area contributed by atoms with E-state index in [0.29, 0.717) is 13.0 Å². The molecule has 2 nitrogen and oxygen atoms in total. The van der Waals surface area contributed by atoms with Crippen LogP contribution in [0.25, 0.3) is 0 Å². The maximum Gasteiger partial charge on any atom is 0.305 e. The smallest absolute Gasteiger partial charge is 0.305 e. The van der Waals surface area contributed by atoms with Gasteiger partial charge >= 0.3 is 5.97 Å². The van der Waals surface area contributed by atoms with Crippen molar-refractivity contribution in [1.29, 1.82) is 0 Å². The normalized spacial score (nSPS) is 10.9. The highest BCUT2D eigenvalue weighted by Gasteiger charge is 1.99. The highest BCUT2D eigenvalue weighted by Crippen LogP contribution is 2.13. The van der Waals surface area contributed by atoms with Crippen LogP contribution in [0.4, 0.5) is 0 Å². The average molecular weight is 341 g/mol. The first-order chi connectivity index (χ1) is 11.8. The zero-order chi connectivity index (χ0) is 17.7. The van der Waals surface area contributed by atoms with Gasteiger partial charge < -0.3 is 4.74 Å². The molecule has 144 valence electrons. The van der Waals surface area contributed by atoms with Gasteiger partial charge in [-0.05, 0) is 12.8 Å². The van der Waals surface area contributed by atoms with Crippen LogP contribution < -0.4 is 0 Å². The number of hydrogen-bond acceptors (Lipinski definition) is 2. The Bertz CT molecular complexity index is 250. The molecule has 0 unspecified atom stereocenters. The van der Waals surface area contributed by atoms with Crippen molar-refractivity contribution in [2.45, 2.75) is 129 Å². The highest BCUT2D eigenvalue weighted by atomic mass is 16.5. The summed E-state index contributed by atoms with van der Waals surface area (Å²) < 4.78 is 5.16. The van der Waals surface area contributed by atoms with Crippen molar-refractivity contribution >= 4 is 5.97 Å². The van der Waals surface area contributed by atoms with Crippen molar-refractivity contribution in [3.05, 3.63) is 0 Å². The minimum Gasteiger partial charge on any atom is -0.466 e. The van der Waals surface area contributed by atoms with E-state index < -0.39 is 0 Å². The van der Waals surface area contributed by atoms with Gasteiger partial charge in [-0.2, -0.15) is 0 Å². The van der Waals surface area contributed by atoms with Crippen LogP contribution >= 0.6 is 0 Å². The number of unbranched alkanes of at least 4 members (excludes halogenated alkanes) is 15. The zero-order valence-corrected chi connectivity index (χ0v) is 16.8. The van der Waals surface area contributed by atoms with E-state index in [1.807, 2.05) is 6.92 Å². The molecule has 0 aromatic heterocycles. The van der Waals surface area contributed by atoms with E-state index >= 15 is 0 Å². The molecule has 0 aliphatic rings. The summed E-state index contributed by atoms with van der Waals surface area (Å²) in [6, 6.07) is 0. The summed E-state index contributed by atoms with van der Waals surface area (Å²) in [7, 11) is 0. The number of carbonyl (C=O) groups excluding carboxylic acids is 1.